The Bertz CT molecular complexity index is 441. The lowest BCUT2D eigenvalue weighted by Gasteiger charge is -2.14. The number of benzene rings is 1. The third-order valence-corrected chi connectivity index (χ3v) is 5.30. The molecule has 2 saturated carbocycles. The van der Waals surface area contributed by atoms with Crippen LogP contribution in [0.25, 0.3) is 0 Å². The molecule has 0 aromatic heterocycles. The van der Waals surface area contributed by atoms with E-state index in [9.17, 15) is 5.11 Å². The van der Waals surface area contributed by atoms with Crippen LogP contribution in [0.2, 0.25) is 0 Å². The molecule has 0 saturated heterocycles. The maximum absolute atomic E-state index is 10.5. The Morgan fingerprint density at radius 1 is 1.00 bits per heavy atom. The molecule has 1 heteroatoms. The van der Waals surface area contributed by atoms with E-state index in [0.717, 1.165) is 11.8 Å². The molecule has 17 heavy (non-hydrogen) atoms. The van der Waals surface area contributed by atoms with Crippen molar-refractivity contribution in [2.75, 3.05) is 0 Å². The van der Waals surface area contributed by atoms with Gasteiger partial charge in [-0.05, 0) is 66.5 Å². The van der Waals surface area contributed by atoms with Gasteiger partial charge in [-0.1, -0.05) is 24.6 Å². The SMILES string of the molecule is OC(c1ccc2c(c1)CCC2)C1C2CCCC21. The summed E-state index contributed by atoms with van der Waals surface area (Å²) in [5, 5.41) is 10.5. The van der Waals surface area contributed by atoms with Crippen LogP contribution in [-0.4, -0.2) is 5.11 Å². The maximum atomic E-state index is 10.5. The second-order valence-electron chi connectivity index (χ2n) is 6.16. The molecule has 0 heterocycles. The van der Waals surface area contributed by atoms with Gasteiger partial charge in [-0.15, -0.1) is 0 Å². The molecule has 3 aliphatic carbocycles. The Morgan fingerprint density at radius 3 is 2.59 bits per heavy atom. The summed E-state index contributed by atoms with van der Waals surface area (Å²) < 4.78 is 0. The van der Waals surface area contributed by atoms with Crippen LogP contribution in [-0.2, 0) is 12.8 Å². The molecule has 4 rings (SSSR count). The predicted octanol–water partition coefficient (Wildman–Crippen LogP) is 3.25. The molecule has 3 atom stereocenters. The van der Waals surface area contributed by atoms with Gasteiger partial charge in [0.2, 0.25) is 0 Å². The highest BCUT2D eigenvalue weighted by Crippen LogP contribution is 2.62. The van der Waals surface area contributed by atoms with E-state index in [-0.39, 0.29) is 6.10 Å². The van der Waals surface area contributed by atoms with Crippen LogP contribution in [0.4, 0.5) is 0 Å². The van der Waals surface area contributed by atoms with Crippen LogP contribution in [0.1, 0.15) is 48.5 Å². The molecule has 0 radical (unpaired) electrons. The Morgan fingerprint density at radius 2 is 1.76 bits per heavy atom. The summed E-state index contributed by atoms with van der Waals surface area (Å²) in [6.45, 7) is 0. The van der Waals surface area contributed by atoms with Crippen LogP contribution < -0.4 is 0 Å². The minimum absolute atomic E-state index is 0.184. The lowest BCUT2D eigenvalue weighted by atomic mass is 9.97. The van der Waals surface area contributed by atoms with Crippen LogP contribution >= 0.6 is 0 Å². The molecule has 3 aliphatic rings. The highest BCUT2D eigenvalue weighted by molar-refractivity contribution is 5.37. The highest BCUT2D eigenvalue weighted by atomic mass is 16.3. The summed E-state index contributed by atoms with van der Waals surface area (Å²) in [6, 6.07) is 6.70. The first-order valence-corrected chi connectivity index (χ1v) is 7.14. The summed E-state index contributed by atoms with van der Waals surface area (Å²) in [5.74, 6) is 2.28. The van der Waals surface area contributed by atoms with Crippen molar-refractivity contribution >= 4 is 0 Å². The van der Waals surface area contributed by atoms with Gasteiger partial charge >= 0.3 is 0 Å². The summed E-state index contributed by atoms with van der Waals surface area (Å²) in [6.07, 6.45) is 7.67. The molecule has 3 unspecified atom stereocenters. The minimum Gasteiger partial charge on any atom is -0.388 e. The van der Waals surface area contributed by atoms with Crippen molar-refractivity contribution in [3.05, 3.63) is 34.9 Å². The summed E-state index contributed by atoms with van der Waals surface area (Å²) in [5.41, 5.74) is 4.19. The van der Waals surface area contributed by atoms with E-state index >= 15 is 0 Å². The Kier molecular flexibility index (Phi) is 2.14. The fraction of sp³-hybridized carbons (Fsp3) is 0.625. The number of aliphatic hydroxyl groups excluding tert-OH is 1. The first-order chi connectivity index (χ1) is 8.34. The fourth-order valence-corrected chi connectivity index (χ4v) is 4.34. The van der Waals surface area contributed by atoms with Gasteiger partial charge in [0.05, 0.1) is 6.10 Å². The van der Waals surface area contributed by atoms with Gasteiger partial charge in [0.1, 0.15) is 0 Å². The van der Waals surface area contributed by atoms with Crippen molar-refractivity contribution < 1.29 is 5.11 Å². The zero-order valence-electron chi connectivity index (χ0n) is 10.2. The molecular weight excluding hydrogens is 208 g/mol. The van der Waals surface area contributed by atoms with Gasteiger partial charge in [0.15, 0.2) is 0 Å². The molecule has 0 spiro atoms. The van der Waals surface area contributed by atoms with E-state index in [1.54, 1.807) is 0 Å². The zero-order chi connectivity index (χ0) is 11.4. The monoisotopic (exact) mass is 228 g/mol. The molecule has 0 bridgehead atoms. The predicted molar refractivity (Wildman–Crippen MR) is 67.7 cm³/mol. The van der Waals surface area contributed by atoms with Crippen molar-refractivity contribution in [1.29, 1.82) is 0 Å². The van der Waals surface area contributed by atoms with Crippen LogP contribution in [0.15, 0.2) is 18.2 Å². The van der Waals surface area contributed by atoms with Crippen LogP contribution in [0, 0.1) is 17.8 Å². The normalized spacial score (nSPS) is 35.5. The molecule has 1 nitrogen and oxygen atoms in total. The third-order valence-electron chi connectivity index (χ3n) is 5.30. The van der Waals surface area contributed by atoms with Crippen LogP contribution in [0.5, 0.6) is 0 Å². The summed E-state index contributed by atoms with van der Waals surface area (Å²) in [7, 11) is 0. The zero-order valence-corrected chi connectivity index (χ0v) is 10.2. The highest BCUT2D eigenvalue weighted by Gasteiger charge is 2.55. The smallest absolute Gasteiger partial charge is 0.0823 e. The largest absolute Gasteiger partial charge is 0.388 e. The van der Waals surface area contributed by atoms with E-state index in [4.69, 9.17) is 0 Å². The van der Waals surface area contributed by atoms with E-state index in [0.29, 0.717) is 5.92 Å². The average Bonchev–Trinajstić information content (AvgIpc) is 2.75. The Hall–Kier alpha value is -0.820. The first kappa shape index (κ1) is 10.1. The van der Waals surface area contributed by atoms with E-state index < -0.39 is 0 Å². The third kappa shape index (κ3) is 1.48. The first-order valence-electron chi connectivity index (χ1n) is 7.14. The number of hydrogen-bond donors (Lipinski definition) is 1. The van der Waals surface area contributed by atoms with Crippen LogP contribution in [0.3, 0.4) is 0 Å². The van der Waals surface area contributed by atoms with Gasteiger partial charge in [-0.25, -0.2) is 0 Å². The number of rotatable bonds is 2. The summed E-state index contributed by atoms with van der Waals surface area (Å²) in [4.78, 5) is 0. The topological polar surface area (TPSA) is 20.2 Å². The van der Waals surface area contributed by atoms with Gasteiger partial charge in [0, 0.05) is 0 Å². The van der Waals surface area contributed by atoms with Crippen molar-refractivity contribution in [3.63, 3.8) is 0 Å². The quantitative estimate of drug-likeness (QED) is 0.823. The van der Waals surface area contributed by atoms with E-state index in [2.05, 4.69) is 18.2 Å². The van der Waals surface area contributed by atoms with Gasteiger partial charge in [-0.3, -0.25) is 0 Å². The Labute approximate surface area is 103 Å². The minimum atomic E-state index is -0.184. The van der Waals surface area contributed by atoms with Gasteiger partial charge < -0.3 is 5.11 Å². The molecule has 2 fully saturated rings. The molecule has 1 aromatic rings. The van der Waals surface area contributed by atoms with E-state index in [1.165, 1.54) is 55.2 Å². The summed E-state index contributed by atoms with van der Waals surface area (Å²) >= 11 is 0. The number of aryl methyl sites for hydroxylation is 2. The molecule has 0 amide bonds. The Balaban J connectivity index is 1.58. The van der Waals surface area contributed by atoms with E-state index in [1.807, 2.05) is 0 Å². The van der Waals surface area contributed by atoms with Gasteiger partial charge in [-0.2, -0.15) is 0 Å². The number of hydrogen-bond acceptors (Lipinski definition) is 1. The molecular formula is C16H20O. The fourth-order valence-electron chi connectivity index (χ4n) is 4.34. The molecule has 0 aliphatic heterocycles. The molecule has 1 aromatic carbocycles. The van der Waals surface area contributed by atoms with Gasteiger partial charge in [0.25, 0.3) is 0 Å². The van der Waals surface area contributed by atoms with Crippen molar-refractivity contribution in [2.24, 2.45) is 17.8 Å². The average molecular weight is 228 g/mol. The maximum Gasteiger partial charge on any atom is 0.0823 e. The second-order valence-corrected chi connectivity index (χ2v) is 6.16. The lowest BCUT2D eigenvalue weighted by Crippen LogP contribution is -2.05. The molecule has 1 N–H and O–H groups in total. The number of fused-ring (bicyclic) bond motifs is 2. The lowest BCUT2D eigenvalue weighted by molar-refractivity contribution is 0.137. The number of aliphatic hydroxyl groups is 1. The standard InChI is InChI=1S/C16H20O/c17-16(15-13-5-2-6-14(13)15)12-8-7-10-3-1-4-11(10)9-12/h7-9,13-17H,1-6H2. The second kappa shape index (κ2) is 3.58. The van der Waals surface area contributed by atoms with Crippen molar-refractivity contribution in [1.82, 2.24) is 0 Å². The molecule has 90 valence electrons. The van der Waals surface area contributed by atoms with Crippen molar-refractivity contribution in [3.8, 4) is 0 Å². The van der Waals surface area contributed by atoms with Crippen molar-refractivity contribution in [2.45, 2.75) is 44.6 Å².